The fourth-order valence-corrected chi connectivity index (χ4v) is 6.40. The largest absolute Gasteiger partial charge is 0.494 e. The van der Waals surface area contributed by atoms with Gasteiger partial charge in [-0.25, -0.2) is 28.7 Å². The van der Waals surface area contributed by atoms with Crippen LogP contribution in [0.15, 0.2) is 61.4 Å². The number of hydrogen-bond donors (Lipinski definition) is 4. The van der Waals surface area contributed by atoms with Gasteiger partial charge >= 0.3 is 0 Å². The Hall–Kier alpha value is -6.98. The van der Waals surface area contributed by atoms with Gasteiger partial charge in [0, 0.05) is 68.8 Å². The predicted molar refractivity (Wildman–Crippen MR) is 221 cm³/mol. The number of aryl methyl sites for hydroxylation is 7. The highest BCUT2D eigenvalue weighted by atomic mass is 19.1. The van der Waals surface area contributed by atoms with Crippen LogP contribution in [0.3, 0.4) is 0 Å². The molecule has 0 radical (unpaired) electrons. The Labute approximate surface area is 346 Å². The monoisotopic (exact) mass is 822 g/mol. The molecule has 314 valence electrons. The quantitative estimate of drug-likeness (QED) is 0.0718. The van der Waals surface area contributed by atoms with E-state index in [1.807, 2.05) is 36.3 Å². The molecule has 0 spiro atoms. The minimum Gasteiger partial charge on any atom is -0.494 e. The second-order valence-electron chi connectivity index (χ2n) is 13.9. The second-order valence-corrected chi connectivity index (χ2v) is 13.9. The van der Waals surface area contributed by atoms with Crippen LogP contribution in [0.4, 0.5) is 32.1 Å². The van der Waals surface area contributed by atoms with Crippen molar-refractivity contribution in [2.45, 2.75) is 66.0 Å². The molecule has 18 heteroatoms. The Morgan fingerprint density at radius 1 is 0.733 bits per heavy atom. The Morgan fingerprint density at radius 2 is 1.27 bits per heavy atom. The molecule has 0 aliphatic heterocycles. The summed E-state index contributed by atoms with van der Waals surface area (Å²) in [6.07, 6.45) is 12.4. The Balaban J connectivity index is 0.976. The number of nitrogens with zero attached hydrogens (tertiary/aromatic N) is 8. The standard InChI is InChI=1S/C42H48F2N12O4/c1-7-55-24-34(25(2)54-55)53-42-49-21-28(22-50-42)10-12-30-16-32(18-36(60-6)38(30)44)40(58)46-13-8-14-56-26(3)33(23-51-56)52-41-47-19-27(20-48-41)9-11-29-15-31(39(57)45-4)17-35(59-5)37(29)43/h15-24H,7-14H2,1-6H3,(H,45,57)(H,46,58)(H,47,48,52)(H,49,50,53). The van der Waals surface area contributed by atoms with Gasteiger partial charge in [-0.15, -0.1) is 0 Å². The summed E-state index contributed by atoms with van der Waals surface area (Å²) in [5.74, 6) is -0.921. The zero-order valence-electron chi connectivity index (χ0n) is 34.4. The van der Waals surface area contributed by atoms with Gasteiger partial charge in [0.15, 0.2) is 23.1 Å². The average molecular weight is 823 g/mol. The Kier molecular flexibility index (Phi) is 14.0. The zero-order chi connectivity index (χ0) is 42.8. The molecule has 0 atom stereocenters. The maximum absolute atomic E-state index is 15.3. The van der Waals surface area contributed by atoms with Crippen LogP contribution < -0.4 is 30.7 Å². The topological polar surface area (TPSA) is 188 Å². The van der Waals surface area contributed by atoms with E-state index < -0.39 is 11.6 Å². The minimum atomic E-state index is -0.517. The van der Waals surface area contributed by atoms with Crippen LogP contribution in [0.2, 0.25) is 0 Å². The summed E-state index contributed by atoms with van der Waals surface area (Å²) in [7, 11) is 4.24. The van der Waals surface area contributed by atoms with Crippen LogP contribution in [0.1, 0.15) is 67.7 Å². The van der Waals surface area contributed by atoms with Crippen molar-refractivity contribution in [2.75, 3.05) is 38.4 Å². The summed E-state index contributed by atoms with van der Waals surface area (Å²) in [6.45, 7) is 7.45. The Bertz CT molecular complexity index is 2440. The van der Waals surface area contributed by atoms with E-state index in [0.29, 0.717) is 79.5 Å². The smallest absolute Gasteiger partial charge is 0.251 e. The molecule has 0 saturated heterocycles. The first-order valence-electron chi connectivity index (χ1n) is 19.5. The maximum Gasteiger partial charge on any atom is 0.251 e. The lowest BCUT2D eigenvalue weighted by Gasteiger charge is -2.12. The van der Waals surface area contributed by atoms with Crippen molar-refractivity contribution in [3.63, 3.8) is 0 Å². The number of nitrogens with one attached hydrogen (secondary N) is 4. The number of rotatable bonds is 19. The van der Waals surface area contributed by atoms with Gasteiger partial charge in [0.2, 0.25) is 11.9 Å². The van der Waals surface area contributed by atoms with E-state index >= 15 is 4.39 Å². The number of benzene rings is 2. The van der Waals surface area contributed by atoms with Crippen LogP contribution >= 0.6 is 0 Å². The molecule has 2 amide bonds. The van der Waals surface area contributed by atoms with Crippen molar-refractivity contribution in [1.82, 2.24) is 50.1 Å². The third-order valence-corrected chi connectivity index (χ3v) is 9.90. The fourth-order valence-electron chi connectivity index (χ4n) is 6.40. The molecule has 2 aromatic carbocycles. The molecular formula is C42H48F2N12O4. The van der Waals surface area contributed by atoms with Crippen molar-refractivity contribution in [2.24, 2.45) is 0 Å². The molecule has 0 aliphatic carbocycles. The molecule has 0 fully saturated rings. The van der Waals surface area contributed by atoms with Gasteiger partial charge in [-0.05, 0) is 99.4 Å². The molecule has 6 aromatic rings. The van der Waals surface area contributed by atoms with Gasteiger partial charge < -0.3 is 30.7 Å². The summed E-state index contributed by atoms with van der Waals surface area (Å²) in [6, 6.07) is 5.84. The number of ether oxygens (including phenoxy) is 2. The van der Waals surface area contributed by atoms with Gasteiger partial charge in [-0.3, -0.25) is 19.0 Å². The van der Waals surface area contributed by atoms with Gasteiger partial charge in [0.25, 0.3) is 11.8 Å². The SMILES string of the molecule is CCn1cc(Nc2ncc(CCc3cc(C(=O)NCCCn4ncc(Nc5ncc(CCc6cc(C(=O)NC)cc(OC)c6F)cn5)c4C)cc(OC)c3F)cn2)c(C)n1. The van der Waals surface area contributed by atoms with Crippen molar-refractivity contribution in [1.29, 1.82) is 0 Å². The van der Waals surface area contributed by atoms with E-state index in [0.717, 1.165) is 34.7 Å². The van der Waals surface area contributed by atoms with Gasteiger partial charge in [0.05, 0.1) is 43.2 Å². The van der Waals surface area contributed by atoms with Crippen LogP contribution in [0, 0.1) is 25.5 Å². The highest BCUT2D eigenvalue weighted by Crippen LogP contribution is 2.26. The van der Waals surface area contributed by atoms with Crippen LogP contribution in [0.25, 0.3) is 0 Å². The summed E-state index contributed by atoms with van der Waals surface area (Å²) >= 11 is 0. The molecule has 16 nitrogen and oxygen atoms in total. The number of anilines is 4. The number of methoxy groups -OCH3 is 2. The van der Waals surface area contributed by atoms with Crippen molar-refractivity contribution < 1.29 is 27.8 Å². The first-order chi connectivity index (χ1) is 29.0. The lowest BCUT2D eigenvalue weighted by molar-refractivity contribution is 0.0947. The van der Waals surface area contributed by atoms with Crippen molar-refractivity contribution in [3.05, 3.63) is 118 Å². The first-order valence-corrected chi connectivity index (χ1v) is 19.5. The predicted octanol–water partition coefficient (Wildman–Crippen LogP) is 5.83. The highest BCUT2D eigenvalue weighted by Gasteiger charge is 2.18. The third kappa shape index (κ3) is 10.4. The first kappa shape index (κ1) is 42.6. The molecule has 4 N–H and O–H groups in total. The second kappa shape index (κ2) is 19.6. The molecule has 0 unspecified atom stereocenters. The van der Waals surface area contributed by atoms with Crippen LogP contribution in [-0.4, -0.2) is 79.1 Å². The lowest BCUT2D eigenvalue weighted by Crippen LogP contribution is -2.25. The van der Waals surface area contributed by atoms with Gasteiger partial charge in [-0.1, -0.05) is 0 Å². The summed E-state index contributed by atoms with van der Waals surface area (Å²) in [4.78, 5) is 43.0. The molecule has 4 heterocycles. The van der Waals surface area contributed by atoms with Crippen molar-refractivity contribution in [3.8, 4) is 11.5 Å². The third-order valence-electron chi connectivity index (χ3n) is 9.90. The molecule has 4 aromatic heterocycles. The van der Waals surface area contributed by atoms with E-state index in [1.54, 1.807) is 37.1 Å². The van der Waals surface area contributed by atoms with Gasteiger partial charge in [0.1, 0.15) is 0 Å². The molecular weight excluding hydrogens is 775 g/mol. The fraction of sp³-hybridized carbons (Fsp3) is 0.333. The average Bonchev–Trinajstić information content (AvgIpc) is 3.81. The lowest BCUT2D eigenvalue weighted by atomic mass is 10.0. The summed E-state index contributed by atoms with van der Waals surface area (Å²) in [5, 5.41) is 20.7. The van der Waals surface area contributed by atoms with Crippen LogP contribution in [0.5, 0.6) is 11.5 Å². The number of halogens is 2. The molecule has 60 heavy (non-hydrogen) atoms. The minimum absolute atomic E-state index is 0.00535. The van der Waals surface area contributed by atoms with Crippen LogP contribution in [-0.2, 0) is 38.8 Å². The summed E-state index contributed by atoms with van der Waals surface area (Å²) < 4.78 is 44.2. The number of amides is 2. The highest BCUT2D eigenvalue weighted by molar-refractivity contribution is 5.95. The molecule has 0 aliphatic rings. The number of carbonyl (C=O) groups is 2. The normalized spacial score (nSPS) is 11.0. The van der Waals surface area contributed by atoms with E-state index in [4.69, 9.17) is 9.47 Å². The number of carbonyl (C=O) groups excluding carboxylic acids is 2. The number of aromatic nitrogens is 8. The molecule has 6 rings (SSSR count). The number of hydrogen-bond acceptors (Lipinski definition) is 12. The van der Waals surface area contributed by atoms with Crippen molar-refractivity contribution >= 4 is 35.1 Å². The zero-order valence-corrected chi connectivity index (χ0v) is 34.4. The maximum atomic E-state index is 15.3. The van der Waals surface area contributed by atoms with E-state index in [9.17, 15) is 14.0 Å². The van der Waals surface area contributed by atoms with E-state index in [-0.39, 0.29) is 28.9 Å². The van der Waals surface area contributed by atoms with E-state index in [2.05, 4.69) is 51.4 Å². The molecule has 0 saturated carbocycles. The summed E-state index contributed by atoms with van der Waals surface area (Å²) in [5.41, 5.74) is 6.11. The van der Waals surface area contributed by atoms with E-state index in [1.165, 1.54) is 39.5 Å². The van der Waals surface area contributed by atoms with Gasteiger partial charge in [-0.2, -0.15) is 10.2 Å². The molecule has 0 bridgehead atoms. The Morgan fingerprint density at radius 3 is 1.77 bits per heavy atom.